The Labute approximate surface area is 120 Å². The van der Waals surface area contributed by atoms with E-state index in [2.05, 4.69) is 0 Å². The van der Waals surface area contributed by atoms with Crippen molar-refractivity contribution in [1.29, 1.82) is 0 Å². The SMILES string of the molecule is NC(=O)c1cccc2c1O/C(=C\c1cccc(O)c1)C2=O. The zero-order valence-electron chi connectivity index (χ0n) is 10.9. The van der Waals surface area contributed by atoms with E-state index in [9.17, 15) is 14.7 Å². The van der Waals surface area contributed by atoms with Gasteiger partial charge in [0.25, 0.3) is 5.91 Å². The molecule has 0 bridgehead atoms. The van der Waals surface area contributed by atoms with Gasteiger partial charge in [0.1, 0.15) is 5.75 Å². The number of allylic oxidation sites excluding steroid dienone is 1. The maximum atomic E-state index is 12.3. The zero-order chi connectivity index (χ0) is 15.0. The number of primary amides is 1. The number of carbonyl (C=O) groups excluding carboxylic acids is 2. The van der Waals surface area contributed by atoms with Crippen molar-refractivity contribution in [2.24, 2.45) is 5.73 Å². The first kappa shape index (κ1) is 12.9. The summed E-state index contributed by atoms with van der Waals surface area (Å²) in [6.45, 7) is 0. The lowest BCUT2D eigenvalue weighted by atomic mass is 10.1. The highest BCUT2D eigenvalue weighted by molar-refractivity contribution is 6.16. The molecule has 0 saturated carbocycles. The van der Waals surface area contributed by atoms with Crippen LogP contribution in [0.1, 0.15) is 26.3 Å². The first-order chi connectivity index (χ1) is 10.1. The molecule has 3 rings (SSSR count). The number of Topliss-reactive ketones (excluding diaryl/α,β-unsaturated/α-hetero) is 1. The van der Waals surface area contributed by atoms with Gasteiger partial charge in [-0.1, -0.05) is 18.2 Å². The number of ketones is 1. The first-order valence-corrected chi connectivity index (χ1v) is 6.22. The minimum Gasteiger partial charge on any atom is -0.508 e. The minimum atomic E-state index is -0.654. The quantitative estimate of drug-likeness (QED) is 0.825. The Morgan fingerprint density at radius 2 is 1.95 bits per heavy atom. The molecule has 5 heteroatoms. The van der Waals surface area contributed by atoms with E-state index in [1.807, 2.05) is 0 Å². The summed E-state index contributed by atoms with van der Waals surface area (Å²) in [5.41, 5.74) is 6.36. The van der Waals surface area contributed by atoms with Crippen molar-refractivity contribution in [3.05, 3.63) is 64.9 Å². The summed E-state index contributed by atoms with van der Waals surface area (Å²) in [6, 6.07) is 11.1. The van der Waals surface area contributed by atoms with Gasteiger partial charge in [-0.05, 0) is 35.9 Å². The summed E-state index contributed by atoms with van der Waals surface area (Å²) in [5.74, 6) is -0.620. The Bertz CT molecular complexity index is 793. The molecule has 1 heterocycles. The third-order valence-electron chi connectivity index (χ3n) is 3.13. The lowest BCUT2D eigenvalue weighted by molar-refractivity contribution is 0.0991. The molecule has 0 saturated heterocycles. The Morgan fingerprint density at radius 3 is 2.67 bits per heavy atom. The number of para-hydroxylation sites is 1. The number of aromatic hydroxyl groups is 1. The molecular weight excluding hydrogens is 270 g/mol. The molecular formula is C16H11NO4. The van der Waals surface area contributed by atoms with E-state index in [1.165, 1.54) is 24.3 Å². The number of benzene rings is 2. The molecule has 1 amide bonds. The van der Waals surface area contributed by atoms with E-state index in [0.717, 1.165) is 0 Å². The predicted octanol–water partition coefficient (Wildman–Crippen LogP) is 2.11. The van der Waals surface area contributed by atoms with Crippen molar-refractivity contribution in [3.63, 3.8) is 0 Å². The van der Waals surface area contributed by atoms with Crippen molar-refractivity contribution >= 4 is 17.8 Å². The normalized spacial score (nSPS) is 14.9. The van der Waals surface area contributed by atoms with Crippen molar-refractivity contribution in [3.8, 4) is 11.5 Å². The molecule has 5 nitrogen and oxygen atoms in total. The highest BCUT2D eigenvalue weighted by Gasteiger charge is 2.30. The van der Waals surface area contributed by atoms with Gasteiger partial charge in [0.05, 0.1) is 11.1 Å². The van der Waals surface area contributed by atoms with Gasteiger partial charge in [-0.2, -0.15) is 0 Å². The Morgan fingerprint density at radius 1 is 1.19 bits per heavy atom. The summed E-state index contributed by atoms with van der Waals surface area (Å²) < 4.78 is 5.48. The maximum absolute atomic E-state index is 12.3. The molecule has 104 valence electrons. The summed E-state index contributed by atoms with van der Waals surface area (Å²) in [5, 5.41) is 9.43. The summed E-state index contributed by atoms with van der Waals surface area (Å²) >= 11 is 0. The number of carbonyl (C=O) groups is 2. The third kappa shape index (κ3) is 2.25. The van der Waals surface area contributed by atoms with Gasteiger partial charge in [0, 0.05) is 0 Å². The third-order valence-corrected chi connectivity index (χ3v) is 3.13. The van der Waals surface area contributed by atoms with Crippen molar-refractivity contribution < 1.29 is 19.4 Å². The lowest BCUT2D eigenvalue weighted by Crippen LogP contribution is -2.11. The molecule has 3 N–H and O–H groups in total. The number of rotatable bonds is 2. The van der Waals surface area contributed by atoms with E-state index in [4.69, 9.17) is 10.5 Å². The van der Waals surface area contributed by atoms with Gasteiger partial charge < -0.3 is 15.6 Å². The van der Waals surface area contributed by atoms with Gasteiger partial charge in [-0.15, -0.1) is 0 Å². The summed E-state index contributed by atoms with van der Waals surface area (Å²) in [6.07, 6.45) is 1.51. The Balaban J connectivity index is 2.04. The molecule has 0 aliphatic carbocycles. The molecule has 0 aromatic heterocycles. The highest BCUT2D eigenvalue weighted by atomic mass is 16.5. The van der Waals surface area contributed by atoms with Gasteiger partial charge in [-0.25, -0.2) is 0 Å². The number of fused-ring (bicyclic) bond motifs is 1. The molecule has 1 aliphatic heterocycles. The molecule has 0 unspecified atom stereocenters. The second-order valence-corrected chi connectivity index (χ2v) is 4.58. The monoisotopic (exact) mass is 281 g/mol. The highest BCUT2D eigenvalue weighted by Crippen LogP contribution is 2.35. The van der Waals surface area contributed by atoms with Crippen LogP contribution in [-0.2, 0) is 0 Å². The fourth-order valence-electron chi connectivity index (χ4n) is 2.17. The van der Waals surface area contributed by atoms with Gasteiger partial charge >= 0.3 is 0 Å². The number of phenols is 1. The standard InChI is InChI=1S/C16H11NO4/c17-16(20)12-6-2-5-11-14(19)13(21-15(11)12)8-9-3-1-4-10(18)7-9/h1-8,18H,(H2,17,20)/b13-8-. The maximum Gasteiger partial charge on any atom is 0.252 e. The fourth-order valence-corrected chi connectivity index (χ4v) is 2.17. The molecule has 21 heavy (non-hydrogen) atoms. The van der Waals surface area contributed by atoms with E-state index in [1.54, 1.807) is 24.3 Å². The fraction of sp³-hybridized carbons (Fsp3) is 0. The van der Waals surface area contributed by atoms with Crippen LogP contribution in [0.3, 0.4) is 0 Å². The van der Waals surface area contributed by atoms with Crippen LogP contribution in [0, 0.1) is 0 Å². The second-order valence-electron chi connectivity index (χ2n) is 4.58. The number of hydrogen-bond acceptors (Lipinski definition) is 4. The van der Waals surface area contributed by atoms with E-state index >= 15 is 0 Å². The van der Waals surface area contributed by atoms with Crippen molar-refractivity contribution in [2.45, 2.75) is 0 Å². The van der Waals surface area contributed by atoms with Gasteiger partial charge in [0.15, 0.2) is 11.5 Å². The summed E-state index contributed by atoms with van der Waals surface area (Å²) in [7, 11) is 0. The van der Waals surface area contributed by atoms with Crippen LogP contribution < -0.4 is 10.5 Å². The largest absolute Gasteiger partial charge is 0.508 e. The number of phenolic OH excluding ortho intramolecular Hbond substituents is 1. The molecule has 2 aromatic rings. The first-order valence-electron chi connectivity index (χ1n) is 6.22. The van der Waals surface area contributed by atoms with Crippen molar-refractivity contribution in [2.75, 3.05) is 0 Å². The van der Waals surface area contributed by atoms with Gasteiger partial charge in [-0.3, -0.25) is 9.59 Å². The number of nitrogens with two attached hydrogens (primary N) is 1. The van der Waals surface area contributed by atoms with Crippen LogP contribution >= 0.6 is 0 Å². The average molecular weight is 281 g/mol. The molecule has 1 aliphatic rings. The molecule has 0 spiro atoms. The average Bonchev–Trinajstić information content (AvgIpc) is 2.75. The van der Waals surface area contributed by atoms with Crippen LogP contribution in [-0.4, -0.2) is 16.8 Å². The minimum absolute atomic E-state index is 0.0873. The molecule has 0 fully saturated rings. The molecule has 2 aromatic carbocycles. The number of ether oxygens (including phenoxy) is 1. The van der Waals surface area contributed by atoms with Gasteiger partial charge in [0.2, 0.25) is 5.78 Å². The van der Waals surface area contributed by atoms with Crippen LogP contribution in [0.4, 0.5) is 0 Å². The number of hydrogen-bond donors (Lipinski definition) is 2. The van der Waals surface area contributed by atoms with Crippen LogP contribution in [0.25, 0.3) is 6.08 Å². The Kier molecular flexibility index (Phi) is 2.95. The predicted molar refractivity (Wildman–Crippen MR) is 76.0 cm³/mol. The molecule has 0 atom stereocenters. The van der Waals surface area contributed by atoms with Crippen LogP contribution in [0.15, 0.2) is 48.2 Å². The smallest absolute Gasteiger partial charge is 0.252 e. The van der Waals surface area contributed by atoms with Crippen molar-refractivity contribution in [1.82, 2.24) is 0 Å². The number of amides is 1. The van der Waals surface area contributed by atoms with E-state index in [0.29, 0.717) is 11.1 Å². The zero-order valence-corrected chi connectivity index (χ0v) is 10.9. The summed E-state index contributed by atoms with van der Waals surface area (Å²) in [4.78, 5) is 23.6. The van der Waals surface area contributed by atoms with Crippen LogP contribution in [0.2, 0.25) is 0 Å². The second kappa shape index (κ2) is 4.79. The van der Waals surface area contributed by atoms with Crippen LogP contribution in [0.5, 0.6) is 11.5 Å². The molecule has 0 radical (unpaired) electrons. The Hall–Kier alpha value is -3.08. The topological polar surface area (TPSA) is 89.6 Å². The lowest BCUT2D eigenvalue weighted by Gasteiger charge is -2.03. The van der Waals surface area contributed by atoms with E-state index in [-0.39, 0.29) is 28.6 Å². The van der Waals surface area contributed by atoms with E-state index < -0.39 is 5.91 Å².